The minimum absolute atomic E-state index is 0.136. The number of hydrogen-bond donors (Lipinski definition) is 1. The molecule has 1 unspecified atom stereocenters. The normalized spacial score (nSPS) is 15.5. The first-order chi connectivity index (χ1) is 13.3. The molecule has 1 atom stereocenters. The standard InChI is InChI=1S/C21H22N2O5/c1-12-5-7-18(27-4)16(9-12)22-20(25)11-23-17-10-15(13(2)24)6-8-19(17)28-14(3)21(23)26/h5-10,14H,11H2,1-4H3,(H,22,25). The summed E-state index contributed by atoms with van der Waals surface area (Å²) in [7, 11) is 1.52. The third-order valence-corrected chi connectivity index (χ3v) is 4.50. The second kappa shape index (κ2) is 7.72. The molecule has 7 heteroatoms. The molecule has 0 saturated heterocycles. The predicted octanol–water partition coefficient (Wildman–Crippen LogP) is 2.96. The zero-order chi connectivity index (χ0) is 20.4. The Morgan fingerprint density at radius 1 is 1.21 bits per heavy atom. The van der Waals surface area contributed by atoms with Crippen molar-refractivity contribution >= 4 is 29.0 Å². The van der Waals surface area contributed by atoms with Gasteiger partial charge >= 0.3 is 0 Å². The van der Waals surface area contributed by atoms with Crippen molar-refractivity contribution in [2.75, 3.05) is 23.9 Å². The fourth-order valence-electron chi connectivity index (χ4n) is 3.04. The summed E-state index contributed by atoms with van der Waals surface area (Å²) in [5, 5.41) is 2.79. The average Bonchev–Trinajstić information content (AvgIpc) is 2.65. The highest BCUT2D eigenvalue weighted by atomic mass is 16.5. The molecule has 1 aliphatic heterocycles. The maximum atomic E-state index is 12.7. The Morgan fingerprint density at radius 2 is 1.96 bits per heavy atom. The first-order valence-corrected chi connectivity index (χ1v) is 8.87. The van der Waals surface area contributed by atoms with Gasteiger partial charge in [0.05, 0.1) is 18.5 Å². The van der Waals surface area contributed by atoms with Gasteiger partial charge in [-0.1, -0.05) is 6.07 Å². The van der Waals surface area contributed by atoms with Crippen molar-refractivity contribution in [1.82, 2.24) is 0 Å². The van der Waals surface area contributed by atoms with E-state index in [0.717, 1.165) is 5.56 Å². The van der Waals surface area contributed by atoms with E-state index in [1.807, 2.05) is 13.0 Å². The Bertz CT molecular complexity index is 954. The van der Waals surface area contributed by atoms with Crippen LogP contribution in [-0.4, -0.2) is 37.4 Å². The van der Waals surface area contributed by atoms with Gasteiger partial charge in [0.2, 0.25) is 5.91 Å². The number of methoxy groups -OCH3 is 1. The van der Waals surface area contributed by atoms with E-state index in [9.17, 15) is 14.4 Å². The highest BCUT2D eigenvalue weighted by molar-refractivity contribution is 6.07. The van der Waals surface area contributed by atoms with Gasteiger partial charge in [0, 0.05) is 5.56 Å². The van der Waals surface area contributed by atoms with Crippen LogP contribution in [0, 0.1) is 6.92 Å². The van der Waals surface area contributed by atoms with Gasteiger partial charge in [-0.25, -0.2) is 0 Å². The Morgan fingerprint density at radius 3 is 2.64 bits per heavy atom. The number of carbonyl (C=O) groups excluding carboxylic acids is 3. The van der Waals surface area contributed by atoms with Gasteiger partial charge in [0.25, 0.3) is 5.91 Å². The molecule has 146 valence electrons. The van der Waals surface area contributed by atoms with E-state index >= 15 is 0 Å². The van der Waals surface area contributed by atoms with Crippen LogP contribution in [0.15, 0.2) is 36.4 Å². The van der Waals surface area contributed by atoms with Crippen LogP contribution >= 0.6 is 0 Å². The van der Waals surface area contributed by atoms with Crippen LogP contribution in [0.1, 0.15) is 29.8 Å². The van der Waals surface area contributed by atoms with Gasteiger partial charge in [0.15, 0.2) is 11.9 Å². The van der Waals surface area contributed by atoms with Gasteiger partial charge in [0.1, 0.15) is 18.0 Å². The largest absolute Gasteiger partial charge is 0.495 e. The summed E-state index contributed by atoms with van der Waals surface area (Å²) < 4.78 is 10.9. The number of ether oxygens (including phenoxy) is 2. The fourth-order valence-corrected chi connectivity index (χ4v) is 3.04. The molecule has 7 nitrogen and oxygen atoms in total. The number of ketones is 1. The van der Waals surface area contributed by atoms with Crippen LogP contribution in [0.5, 0.6) is 11.5 Å². The lowest BCUT2D eigenvalue weighted by molar-refractivity contribution is -0.127. The number of carbonyl (C=O) groups is 3. The van der Waals surface area contributed by atoms with E-state index in [-0.39, 0.29) is 24.1 Å². The molecule has 0 aliphatic carbocycles. The summed E-state index contributed by atoms with van der Waals surface area (Å²) in [5.41, 5.74) is 2.33. The van der Waals surface area contributed by atoms with Crippen molar-refractivity contribution < 1.29 is 23.9 Å². The number of fused-ring (bicyclic) bond motifs is 1. The topological polar surface area (TPSA) is 84.9 Å². The van der Waals surface area contributed by atoms with Gasteiger partial charge < -0.3 is 14.8 Å². The number of anilines is 2. The molecule has 0 saturated carbocycles. The molecule has 2 aromatic carbocycles. The van der Waals surface area contributed by atoms with E-state index in [2.05, 4.69) is 5.32 Å². The minimum Gasteiger partial charge on any atom is -0.495 e. The lowest BCUT2D eigenvalue weighted by atomic mass is 10.1. The summed E-state index contributed by atoms with van der Waals surface area (Å²) in [6, 6.07) is 10.3. The van der Waals surface area contributed by atoms with Crippen LogP contribution in [0.25, 0.3) is 0 Å². The highest BCUT2D eigenvalue weighted by Gasteiger charge is 2.33. The second-order valence-electron chi connectivity index (χ2n) is 6.68. The molecule has 0 aromatic heterocycles. The monoisotopic (exact) mass is 382 g/mol. The lowest BCUT2D eigenvalue weighted by Crippen LogP contribution is -2.47. The van der Waals surface area contributed by atoms with Crippen molar-refractivity contribution in [3.8, 4) is 11.5 Å². The average molecular weight is 382 g/mol. The van der Waals surface area contributed by atoms with Crippen molar-refractivity contribution in [2.24, 2.45) is 0 Å². The van der Waals surface area contributed by atoms with Crippen LogP contribution in [-0.2, 0) is 9.59 Å². The minimum atomic E-state index is -0.725. The van der Waals surface area contributed by atoms with Crippen molar-refractivity contribution in [2.45, 2.75) is 26.9 Å². The van der Waals surface area contributed by atoms with Crippen molar-refractivity contribution in [1.29, 1.82) is 0 Å². The number of hydrogen-bond acceptors (Lipinski definition) is 5. The molecule has 0 bridgehead atoms. The summed E-state index contributed by atoms with van der Waals surface area (Å²) >= 11 is 0. The zero-order valence-electron chi connectivity index (χ0n) is 16.2. The summed E-state index contributed by atoms with van der Waals surface area (Å²) in [4.78, 5) is 38.4. The van der Waals surface area contributed by atoms with Crippen LogP contribution < -0.4 is 19.7 Å². The Kier molecular flexibility index (Phi) is 5.35. The van der Waals surface area contributed by atoms with Gasteiger partial charge in [-0.05, 0) is 56.7 Å². The number of nitrogens with one attached hydrogen (secondary N) is 1. The molecule has 0 fully saturated rings. The van der Waals surface area contributed by atoms with Crippen LogP contribution in [0.2, 0.25) is 0 Å². The summed E-state index contributed by atoms with van der Waals surface area (Å²) in [5.74, 6) is 0.116. The zero-order valence-corrected chi connectivity index (χ0v) is 16.2. The van der Waals surface area contributed by atoms with E-state index in [1.54, 1.807) is 37.3 Å². The molecule has 1 N–H and O–H groups in total. The number of aryl methyl sites for hydroxylation is 1. The maximum absolute atomic E-state index is 12.7. The Hall–Kier alpha value is -3.35. The molecule has 1 heterocycles. The highest BCUT2D eigenvalue weighted by Crippen LogP contribution is 2.35. The maximum Gasteiger partial charge on any atom is 0.268 e. The van der Waals surface area contributed by atoms with E-state index in [1.165, 1.54) is 18.9 Å². The van der Waals surface area contributed by atoms with Crippen molar-refractivity contribution in [3.63, 3.8) is 0 Å². The molecule has 0 radical (unpaired) electrons. The molecule has 1 aliphatic rings. The number of amides is 2. The van der Waals surface area contributed by atoms with Gasteiger partial charge in [-0.3, -0.25) is 19.3 Å². The fraction of sp³-hybridized carbons (Fsp3) is 0.286. The smallest absolute Gasteiger partial charge is 0.268 e. The molecular weight excluding hydrogens is 360 g/mol. The molecular formula is C21H22N2O5. The second-order valence-corrected chi connectivity index (χ2v) is 6.68. The molecule has 2 amide bonds. The number of benzene rings is 2. The lowest BCUT2D eigenvalue weighted by Gasteiger charge is -2.32. The molecule has 0 spiro atoms. The third-order valence-electron chi connectivity index (χ3n) is 4.50. The van der Waals surface area contributed by atoms with Crippen LogP contribution in [0.4, 0.5) is 11.4 Å². The molecule has 3 rings (SSSR count). The summed E-state index contributed by atoms with van der Waals surface area (Å²) in [6.45, 7) is 4.76. The van der Waals surface area contributed by atoms with Gasteiger partial charge in [-0.15, -0.1) is 0 Å². The third kappa shape index (κ3) is 3.83. The Labute approximate surface area is 163 Å². The SMILES string of the molecule is COc1ccc(C)cc1NC(=O)CN1C(=O)C(C)Oc2ccc(C(C)=O)cc21. The van der Waals surface area contributed by atoms with E-state index in [4.69, 9.17) is 9.47 Å². The van der Waals surface area contributed by atoms with E-state index < -0.39 is 6.10 Å². The first-order valence-electron chi connectivity index (χ1n) is 8.87. The number of nitrogens with zero attached hydrogens (tertiary/aromatic N) is 1. The predicted molar refractivity (Wildman–Crippen MR) is 105 cm³/mol. The number of Topliss-reactive ketones (excluding diaryl/α,β-unsaturated/α-hetero) is 1. The quantitative estimate of drug-likeness (QED) is 0.804. The Balaban J connectivity index is 1.88. The number of rotatable bonds is 5. The van der Waals surface area contributed by atoms with Crippen LogP contribution in [0.3, 0.4) is 0 Å². The van der Waals surface area contributed by atoms with E-state index in [0.29, 0.717) is 28.4 Å². The summed E-state index contributed by atoms with van der Waals surface area (Å²) in [6.07, 6.45) is -0.725. The van der Waals surface area contributed by atoms with Crippen molar-refractivity contribution in [3.05, 3.63) is 47.5 Å². The first kappa shape index (κ1) is 19.4. The molecule has 28 heavy (non-hydrogen) atoms. The molecule has 2 aromatic rings. The van der Waals surface area contributed by atoms with Gasteiger partial charge in [-0.2, -0.15) is 0 Å².